The van der Waals surface area contributed by atoms with E-state index >= 15 is 0 Å². The van der Waals surface area contributed by atoms with Crippen LogP contribution >= 0.6 is 0 Å². The minimum atomic E-state index is 0.220. The zero-order valence-electron chi connectivity index (χ0n) is 8.25. The lowest BCUT2D eigenvalue weighted by molar-refractivity contribution is -0.128. The number of nitrogens with zero attached hydrogens (tertiary/aromatic N) is 1. The molecule has 0 aromatic rings. The summed E-state index contributed by atoms with van der Waals surface area (Å²) in [5.41, 5.74) is 6.30. The van der Waals surface area contributed by atoms with Gasteiger partial charge in [0, 0.05) is 26.1 Å². The zero-order valence-corrected chi connectivity index (χ0v) is 8.25. The zero-order chi connectivity index (χ0) is 9.47. The van der Waals surface area contributed by atoms with Gasteiger partial charge in [-0.25, -0.2) is 0 Å². The predicted molar refractivity (Wildman–Crippen MR) is 51.1 cm³/mol. The van der Waals surface area contributed by atoms with Crippen LogP contribution < -0.4 is 5.73 Å². The molecule has 3 heteroatoms. The smallest absolute Gasteiger partial charge is 0.219 e. The molecule has 2 fully saturated rings. The third-order valence-corrected chi connectivity index (χ3v) is 3.62. The Labute approximate surface area is 79.3 Å². The molecule has 0 radical (unpaired) electrons. The van der Waals surface area contributed by atoms with Crippen molar-refractivity contribution in [1.82, 2.24) is 4.90 Å². The number of likely N-dealkylation sites (tertiary alicyclic amines) is 1. The minimum absolute atomic E-state index is 0.220. The van der Waals surface area contributed by atoms with Crippen molar-refractivity contribution in [2.24, 2.45) is 11.1 Å². The van der Waals surface area contributed by atoms with Crippen molar-refractivity contribution in [3.63, 3.8) is 0 Å². The number of amides is 1. The predicted octanol–water partition coefficient (Wildman–Crippen LogP) is 0.736. The van der Waals surface area contributed by atoms with Crippen LogP contribution in [0.5, 0.6) is 0 Å². The lowest BCUT2D eigenvalue weighted by atomic mass is 9.85. The summed E-state index contributed by atoms with van der Waals surface area (Å²) < 4.78 is 0. The first-order valence-electron chi connectivity index (χ1n) is 5.12. The number of carbonyl (C=O) groups excluding carboxylic acids is 1. The first-order valence-corrected chi connectivity index (χ1v) is 5.12. The van der Waals surface area contributed by atoms with Gasteiger partial charge in [0.2, 0.25) is 5.91 Å². The molecule has 13 heavy (non-hydrogen) atoms. The lowest BCUT2D eigenvalue weighted by Crippen LogP contribution is -2.30. The number of carbonyl (C=O) groups is 1. The van der Waals surface area contributed by atoms with Crippen LogP contribution in [0, 0.1) is 5.41 Å². The van der Waals surface area contributed by atoms with Crippen LogP contribution in [0.4, 0.5) is 0 Å². The molecule has 2 aliphatic rings. The molecule has 0 aromatic heterocycles. The Kier molecular flexibility index (Phi) is 2.06. The van der Waals surface area contributed by atoms with Gasteiger partial charge in [-0.15, -0.1) is 0 Å². The van der Waals surface area contributed by atoms with Crippen LogP contribution in [-0.2, 0) is 4.79 Å². The van der Waals surface area contributed by atoms with E-state index in [4.69, 9.17) is 5.73 Å². The fraction of sp³-hybridized carbons (Fsp3) is 0.900. The SMILES string of the molecule is CC(=O)N1CC[C@]2(CC[C@@H](N)C2)C1. The summed E-state index contributed by atoms with van der Waals surface area (Å²) in [6, 6.07) is 0.381. The summed E-state index contributed by atoms with van der Waals surface area (Å²) in [4.78, 5) is 13.1. The molecule has 0 aromatic carbocycles. The monoisotopic (exact) mass is 182 g/mol. The second kappa shape index (κ2) is 2.98. The minimum Gasteiger partial charge on any atom is -0.342 e. The molecule has 2 atom stereocenters. The molecule has 3 nitrogen and oxygen atoms in total. The second-order valence-corrected chi connectivity index (χ2v) is 4.69. The molecule has 0 bridgehead atoms. The molecule has 1 aliphatic heterocycles. The highest BCUT2D eigenvalue weighted by Gasteiger charge is 2.43. The van der Waals surface area contributed by atoms with Crippen LogP contribution in [0.1, 0.15) is 32.6 Å². The number of rotatable bonds is 0. The highest BCUT2D eigenvalue weighted by Crippen LogP contribution is 2.44. The van der Waals surface area contributed by atoms with Gasteiger partial charge < -0.3 is 10.6 Å². The van der Waals surface area contributed by atoms with Gasteiger partial charge in [0.15, 0.2) is 0 Å². The first-order chi connectivity index (χ1) is 6.11. The largest absolute Gasteiger partial charge is 0.342 e. The molecule has 2 N–H and O–H groups in total. The highest BCUT2D eigenvalue weighted by atomic mass is 16.2. The molecule has 1 saturated carbocycles. The van der Waals surface area contributed by atoms with E-state index in [1.807, 2.05) is 4.90 Å². The van der Waals surface area contributed by atoms with Gasteiger partial charge in [0.25, 0.3) is 0 Å². The molecule has 74 valence electrons. The number of nitrogens with two attached hydrogens (primary N) is 1. The quantitative estimate of drug-likeness (QED) is 0.600. The fourth-order valence-corrected chi connectivity index (χ4v) is 2.83. The number of hydrogen-bond donors (Lipinski definition) is 1. The van der Waals surface area contributed by atoms with Crippen LogP contribution in [-0.4, -0.2) is 29.9 Å². The van der Waals surface area contributed by atoms with E-state index in [9.17, 15) is 4.79 Å². The standard InChI is InChI=1S/C10H18N2O/c1-8(13)12-5-4-10(7-12)3-2-9(11)6-10/h9H,2-7,11H2,1H3/t9-,10+/m1/s1. The Morgan fingerprint density at radius 1 is 1.54 bits per heavy atom. The van der Waals surface area contributed by atoms with Gasteiger partial charge in [-0.1, -0.05) is 0 Å². The third kappa shape index (κ3) is 1.57. The summed E-state index contributed by atoms with van der Waals surface area (Å²) in [5.74, 6) is 0.220. The van der Waals surface area contributed by atoms with Crippen molar-refractivity contribution in [2.45, 2.75) is 38.6 Å². The molecule has 1 heterocycles. The van der Waals surface area contributed by atoms with Gasteiger partial charge in [-0.05, 0) is 31.1 Å². The van der Waals surface area contributed by atoms with Gasteiger partial charge in [-0.2, -0.15) is 0 Å². The lowest BCUT2D eigenvalue weighted by Gasteiger charge is -2.23. The Bertz CT molecular complexity index is 229. The van der Waals surface area contributed by atoms with Crippen LogP contribution in [0.25, 0.3) is 0 Å². The molecule has 1 spiro atoms. The third-order valence-electron chi connectivity index (χ3n) is 3.62. The molecular weight excluding hydrogens is 164 g/mol. The Morgan fingerprint density at radius 3 is 2.77 bits per heavy atom. The van der Waals surface area contributed by atoms with E-state index in [-0.39, 0.29) is 5.91 Å². The van der Waals surface area contributed by atoms with Crippen molar-refractivity contribution < 1.29 is 4.79 Å². The highest BCUT2D eigenvalue weighted by molar-refractivity contribution is 5.73. The maximum absolute atomic E-state index is 11.2. The van der Waals surface area contributed by atoms with Gasteiger partial charge >= 0.3 is 0 Å². The normalized spacial score (nSPS) is 38.9. The summed E-state index contributed by atoms with van der Waals surface area (Å²) in [6.45, 7) is 3.56. The Hall–Kier alpha value is -0.570. The summed E-state index contributed by atoms with van der Waals surface area (Å²) >= 11 is 0. The van der Waals surface area contributed by atoms with Gasteiger partial charge in [-0.3, -0.25) is 4.79 Å². The van der Waals surface area contributed by atoms with Crippen molar-refractivity contribution in [1.29, 1.82) is 0 Å². The maximum Gasteiger partial charge on any atom is 0.219 e. The average Bonchev–Trinajstić information content (AvgIpc) is 2.61. The molecule has 0 unspecified atom stereocenters. The second-order valence-electron chi connectivity index (χ2n) is 4.69. The fourth-order valence-electron chi connectivity index (χ4n) is 2.83. The van der Waals surface area contributed by atoms with Crippen LogP contribution in [0.2, 0.25) is 0 Å². The first kappa shape index (κ1) is 9.00. The van der Waals surface area contributed by atoms with E-state index < -0.39 is 0 Å². The molecule has 1 saturated heterocycles. The molecule has 2 rings (SSSR count). The average molecular weight is 182 g/mol. The maximum atomic E-state index is 11.2. The van der Waals surface area contributed by atoms with Crippen molar-refractivity contribution in [2.75, 3.05) is 13.1 Å². The molecular formula is C10H18N2O. The molecule has 1 amide bonds. The van der Waals surface area contributed by atoms with Crippen molar-refractivity contribution in [3.05, 3.63) is 0 Å². The summed E-state index contributed by atoms with van der Waals surface area (Å²) in [5, 5.41) is 0. The van der Waals surface area contributed by atoms with E-state index in [2.05, 4.69) is 0 Å². The van der Waals surface area contributed by atoms with Crippen molar-refractivity contribution in [3.8, 4) is 0 Å². The Morgan fingerprint density at radius 2 is 2.31 bits per heavy atom. The van der Waals surface area contributed by atoms with Gasteiger partial charge in [0.1, 0.15) is 0 Å². The van der Waals surface area contributed by atoms with E-state index in [1.165, 1.54) is 12.8 Å². The summed E-state index contributed by atoms with van der Waals surface area (Å²) in [6.07, 6.45) is 4.65. The van der Waals surface area contributed by atoms with E-state index in [0.29, 0.717) is 11.5 Å². The molecule has 1 aliphatic carbocycles. The van der Waals surface area contributed by atoms with E-state index in [0.717, 1.165) is 25.9 Å². The van der Waals surface area contributed by atoms with Crippen LogP contribution in [0.15, 0.2) is 0 Å². The Balaban J connectivity index is 2.01. The van der Waals surface area contributed by atoms with Gasteiger partial charge in [0.05, 0.1) is 0 Å². The van der Waals surface area contributed by atoms with E-state index in [1.54, 1.807) is 6.92 Å². The number of hydrogen-bond acceptors (Lipinski definition) is 2. The van der Waals surface area contributed by atoms with Crippen LogP contribution in [0.3, 0.4) is 0 Å². The summed E-state index contributed by atoms with van der Waals surface area (Å²) in [7, 11) is 0. The topological polar surface area (TPSA) is 46.3 Å². The van der Waals surface area contributed by atoms with Crippen molar-refractivity contribution >= 4 is 5.91 Å².